The largest absolute Gasteiger partial charge is 0.389 e. The molecule has 150 valence electrons. The number of hydrogen-bond donors (Lipinski definition) is 2. The number of nitrogens with zero attached hydrogens (tertiary/aromatic N) is 1. The Morgan fingerprint density at radius 1 is 1.14 bits per heavy atom. The minimum Gasteiger partial charge on any atom is -0.389 e. The average molecular weight is 435 g/mol. The van der Waals surface area contributed by atoms with Gasteiger partial charge >= 0.3 is 0 Å². The summed E-state index contributed by atoms with van der Waals surface area (Å²) in [7, 11) is -4.47. The van der Waals surface area contributed by atoms with Crippen LogP contribution in [0.1, 0.15) is 10.4 Å². The molecule has 0 aromatic heterocycles. The molecule has 0 radical (unpaired) electrons. The fourth-order valence-corrected chi connectivity index (χ4v) is 4.41. The Balaban J connectivity index is 1.88. The highest BCUT2D eigenvalue weighted by Crippen LogP contribution is 2.26. The van der Waals surface area contributed by atoms with Gasteiger partial charge in [0.1, 0.15) is 28.8 Å². The van der Waals surface area contributed by atoms with E-state index in [-0.39, 0.29) is 16.3 Å². The van der Waals surface area contributed by atoms with Crippen LogP contribution in [0.5, 0.6) is 0 Å². The van der Waals surface area contributed by atoms with Crippen LogP contribution in [0, 0.1) is 11.6 Å². The van der Waals surface area contributed by atoms with E-state index in [9.17, 15) is 31.5 Å². The van der Waals surface area contributed by atoms with Crippen molar-refractivity contribution in [1.29, 1.82) is 0 Å². The first-order chi connectivity index (χ1) is 13.1. The third-order valence-electron chi connectivity index (χ3n) is 4.17. The topological polar surface area (TPSA) is 86.7 Å². The Morgan fingerprint density at radius 2 is 1.82 bits per heavy atom. The van der Waals surface area contributed by atoms with Crippen LogP contribution in [0.2, 0.25) is 5.02 Å². The van der Waals surface area contributed by atoms with Crippen molar-refractivity contribution in [2.45, 2.75) is 17.2 Å². The Labute approximate surface area is 163 Å². The number of halogens is 4. The van der Waals surface area contributed by atoms with Crippen LogP contribution in [0.3, 0.4) is 0 Å². The van der Waals surface area contributed by atoms with Crippen LogP contribution in [0.15, 0.2) is 41.3 Å². The van der Waals surface area contributed by atoms with Crippen LogP contribution in [0.4, 0.5) is 18.9 Å². The number of anilines is 1. The van der Waals surface area contributed by atoms with Gasteiger partial charge in [0.25, 0.3) is 5.91 Å². The highest BCUT2D eigenvalue weighted by molar-refractivity contribution is 7.89. The minimum absolute atomic E-state index is 0.146. The maximum Gasteiger partial charge on any atom is 0.255 e. The number of aliphatic hydroxyl groups is 1. The van der Waals surface area contributed by atoms with Crippen molar-refractivity contribution in [3.8, 4) is 0 Å². The van der Waals surface area contributed by atoms with Gasteiger partial charge in [-0.15, -0.1) is 0 Å². The molecular weight excluding hydrogens is 421 g/mol. The normalized spacial score (nSPS) is 20.3. The molecule has 2 N–H and O–H groups in total. The lowest BCUT2D eigenvalue weighted by Crippen LogP contribution is -2.30. The lowest BCUT2D eigenvalue weighted by Gasteiger charge is -2.16. The van der Waals surface area contributed by atoms with Gasteiger partial charge in [-0.05, 0) is 36.4 Å². The number of rotatable bonds is 4. The van der Waals surface area contributed by atoms with E-state index in [0.29, 0.717) is 4.31 Å². The second-order valence-corrected chi connectivity index (χ2v) is 8.45. The number of nitrogens with one attached hydrogen (secondary N) is 1. The molecule has 0 aliphatic carbocycles. The van der Waals surface area contributed by atoms with Gasteiger partial charge in [0, 0.05) is 24.3 Å². The number of amides is 1. The molecule has 6 nitrogen and oxygen atoms in total. The first kappa shape index (κ1) is 20.6. The average Bonchev–Trinajstić information content (AvgIpc) is 2.98. The Morgan fingerprint density at radius 3 is 2.43 bits per heavy atom. The summed E-state index contributed by atoms with van der Waals surface area (Å²) in [6, 6.07) is 6.09. The molecule has 2 atom stereocenters. The number of carbonyl (C=O) groups excluding carboxylic acids is 1. The predicted octanol–water partition coefficient (Wildman–Crippen LogP) is 2.57. The summed E-state index contributed by atoms with van der Waals surface area (Å²) in [6.07, 6.45) is -3.29. The van der Waals surface area contributed by atoms with Crippen LogP contribution in [-0.2, 0) is 10.0 Å². The second kappa shape index (κ2) is 7.70. The van der Waals surface area contributed by atoms with Gasteiger partial charge in [-0.25, -0.2) is 21.6 Å². The number of benzene rings is 2. The third-order valence-corrected chi connectivity index (χ3v) is 6.31. The summed E-state index contributed by atoms with van der Waals surface area (Å²) in [5.74, 6) is -2.60. The van der Waals surface area contributed by atoms with E-state index in [1.165, 1.54) is 6.07 Å². The maximum atomic E-state index is 14.1. The van der Waals surface area contributed by atoms with Gasteiger partial charge in [-0.2, -0.15) is 4.31 Å². The summed E-state index contributed by atoms with van der Waals surface area (Å²) in [6.45, 7) is -1.14. The summed E-state index contributed by atoms with van der Waals surface area (Å²) >= 11 is 5.63. The third kappa shape index (κ3) is 4.00. The highest BCUT2D eigenvalue weighted by Gasteiger charge is 2.40. The zero-order chi connectivity index (χ0) is 20.6. The summed E-state index contributed by atoms with van der Waals surface area (Å²) in [4.78, 5) is 11.5. The molecule has 2 aromatic carbocycles. The lowest BCUT2D eigenvalue weighted by molar-refractivity contribution is 0.102. The van der Waals surface area contributed by atoms with E-state index in [1.807, 2.05) is 0 Å². The molecule has 3 rings (SSSR count). The van der Waals surface area contributed by atoms with Crippen LogP contribution in [-0.4, -0.2) is 49.1 Å². The van der Waals surface area contributed by atoms with E-state index >= 15 is 0 Å². The summed E-state index contributed by atoms with van der Waals surface area (Å²) in [5, 5.41) is 11.6. The number of hydrogen-bond acceptors (Lipinski definition) is 4. The van der Waals surface area contributed by atoms with E-state index in [1.54, 1.807) is 0 Å². The fourth-order valence-electron chi connectivity index (χ4n) is 2.67. The first-order valence-corrected chi connectivity index (χ1v) is 9.79. The van der Waals surface area contributed by atoms with Gasteiger partial charge < -0.3 is 10.4 Å². The molecule has 0 spiro atoms. The van der Waals surface area contributed by atoms with Gasteiger partial charge in [0.15, 0.2) is 0 Å². The summed E-state index contributed by atoms with van der Waals surface area (Å²) < 4.78 is 66.6. The molecule has 2 unspecified atom stereocenters. The van der Waals surface area contributed by atoms with Crippen molar-refractivity contribution in [2.24, 2.45) is 0 Å². The predicted molar refractivity (Wildman–Crippen MR) is 95.4 cm³/mol. The molecule has 2 aromatic rings. The zero-order valence-electron chi connectivity index (χ0n) is 14.1. The number of β-amino-alcohol motifs (C(OH)–C–C–N with tert-alkyl or cyclic N) is 1. The van der Waals surface area contributed by atoms with E-state index in [0.717, 1.165) is 30.3 Å². The SMILES string of the molecule is O=C(Nc1ccc(F)c(Cl)c1)c1ccc(F)c(S(=O)(=O)N2CC(O)C(F)C2)c1. The quantitative estimate of drug-likeness (QED) is 0.774. The van der Waals surface area contributed by atoms with Crippen molar-refractivity contribution in [3.63, 3.8) is 0 Å². The van der Waals surface area contributed by atoms with Crippen molar-refractivity contribution in [2.75, 3.05) is 18.4 Å². The van der Waals surface area contributed by atoms with Crippen molar-refractivity contribution in [3.05, 3.63) is 58.6 Å². The number of aliphatic hydroxyl groups excluding tert-OH is 1. The smallest absolute Gasteiger partial charge is 0.255 e. The van der Waals surface area contributed by atoms with Gasteiger partial charge in [-0.1, -0.05) is 11.6 Å². The zero-order valence-corrected chi connectivity index (χ0v) is 15.6. The maximum absolute atomic E-state index is 14.1. The van der Waals surface area contributed by atoms with E-state index in [4.69, 9.17) is 11.6 Å². The molecule has 0 saturated carbocycles. The molecule has 1 fully saturated rings. The van der Waals surface area contributed by atoms with Gasteiger partial charge in [-0.3, -0.25) is 4.79 Å². The Hall–Kier alpha value is -2.14. The highest BCUT2D eigenvalue weighted by atomic mass is 35.5. The number of alkyl halides is 1. The molecule has 11 heteroatoms. The van der Waals surface area contributed by atoms with Crippen LogP contribution in [0.25, 0.3) is 0 Å². The van der Waals surface area contributed by atoms with Crippen LogP contribution < -0.4 is 5.32 Å². The van der Waals surface area contributed by atoms with E-state index < -0.39 is 57.8 Å². The molecular formula is C17H14ClF3N2O4S. The Kier molecular flexibility index (Phi) is 5.67. The van der Waals surface area contributed by atoms with Crippen LogP contribution >= 0.6 is 11.6 Å². The van der Waals surface area contributed by atoms with E-state index in [2.05, 4.69) is 5.32 Å². The fraction of sp³-hybridized carbons (Fsp3) is 0.235. The Bertz CT molecular complexity index is 1030. The molecule has 28 heavy (non-hydrogen) atoms. The van der Waals surface area contributed by atoms with Gasteiger partial charge in [0.2, 0.25) is 10.0 Å². The molecule has 1 heterocycles. The number of sulfonamides is 1. The second-order valence-electron chi connectivity index (χ2n) is 6.13. The van der Waals surface area contributed by atoms with Gasteiger partial charge in [0.05, 0.1) is 5.02 Å². The molecule has 0 bridgehead atoms. The standard InChI is InChI=1S/C17H14ClF3N2O4S/c18-11-6-10(2-4-12(11)19)22-17(25)9-1-3-13(20)16(5-9)28(26,27)23-7-14(21)15(24)8-23/h1-6,14-15,24H,7-8H2,(H,22,25). The first-order valence-electron chi connectivity index (χ1n) is 7.98. The molecule has 1 aliphatic heterocycles. The van der Waals surface area contributed by atoms with Crippen molar-refractivity contribution < 1.29 is 31.5 Å². The van der Waals surface area contributed by atoms with Crippen molar-refractivity contribution >= 4 is 33.2 Å². The molecule has 1 saturated heterocycles. The number of carbonyl (C=O) groups is 1. The summed E-state index contributed by atoms with van der Waals surface area (Å²) in [5.41, 5.74) is -0.0509. The molecule has 1 amide bonds. The lowest BCUT2D eigenvalue weighted by atomic mass is 10.2. The molecule has 1 aliphatic rings. The minimum atomic E-state index is -4.47. The monoisotopic (exact) mass is 434 g/mol. The van der Waals surface area contributed by atoms with Crippen molar-refractivity contribution in [1.82, 2.24) is 4.31 Å².